The Balaban J connectivity index is 0.000000211. The minimum absolute atomic E-state index is 0.129. The molecule has 0 bridgehead atoms. The highest BCUT2D eigenvalue weighted by Gasteiger charge is 2.17. The van der Waals surface area contributed by atoms with E-state index in [2.05, 4.69) is 19.4 Å². The van der Waals surface area contributed by atoms with Crippen LogP contribution in [0, 0.1) is 17.6 Å². The second kappa shape index (κ2) is 13.5. The number of nitrogens with zero attached hydrogens (tertiary/aromatic N) is 4. The first-order valence-corrected chi connectivity index (χ1v) is 12.8. The number of hydrogen-bond donors (Lipinski definition) is 0. The van der Waals surface area contributed by atoms with Gasteiger partial charge in [0.25, 0.3) is 0 Å². The Morgan fingerprint density at radius 2 is 1.32 bits per heavy atom. The highest BCUT2D eigenvalue weighted by atomic mass is 35.5. The van der Waals surface area contributed by atoms with Gasteiger partial charge in [0.2, 0.25) is 0 Å². The maximum absolute atomic E-state index is 13.7. The predicted molar refractivity (Wildman–Crippen MR) is 140 cm³/mol. The van der Waals surface area contributed by atoms with E-state index in [1.807, 2.05) is 20.8 Å². The summed E-state index contributed by atoms with van der Waals surface area (Å²) < 4.78 is 39.5. The molecule has 0 atom stereocenters. The molecule has 0 radical (unpaired) electrons. The van der Waals surface area contributed by atoms with E-state index in [1.165, 1.54) is 33.4 Å². The molecule has 0 saturated heterocycles. The lowest BCUT2D eigenvalue weighted by atomic mass is 10.1. The minimum atomic E-state index is -0.531. The summed E-state index contributed by atoms with van der Waals surface area (Å²) in [5.74, 6) is -0.848. The molecule has 2 aromatic heterocycles. The molecule has 0 amide bonds. The summed E-state index contributed by atoms with van der Waals surface area (Å²) in [4.78, 5) is 23.1. The summed E-state index contributed by atoms with van der Waals surface area (Å²) in [7, 11) is 0. The molecule has 12 heteroatoms. The van der Waals surface area contributed by atoms with Crippen molar-refractivity contribution in [1.29, 1.82) is 0 Å². The zero-order valence-corrected chi connectivity index (χ0v) is 22.7. The Morgan fingerprint density at radius 1 is 0.842 bits per heavy atom. The Hall–Kier alpha value is -3.24. The van der Waals surface area contributed by atoms with Crippen LogP contribution in [0.25, 0.3) is 0 Å². The van der Waals surface area contributed by atoms with Gasteiger partial charge in [0.05, 0.1) is 0 Å². The fraction of sp³-hybridized carbons (Fsp3) is 0.385. The summed E-state index contributed by atoms with van der Waals surface area (Å²) in [6.07, 6.45) is 2.04. The second-order valence-corrected chi connectivity index (χ2v) is 9.81. The highest BCUT2D eigenvalue weighted by Crippen LogP contribution is 2.22. The van der Waals surface area contributed by atoms with Gasteiger partial charge >= 0.3 is 11.5 Å². The molecule has 0 aliphatic heterocycles. The first-order chi connectivity index (χ1) is 18.1. The standard InChI is InChI=1S/2C13H14ClFN2O2/c1-8(2)7-17-12(16-19-13(17)18)6-9-10(14)4-3-5-11(9)15;1-2-3-7-17-12(16-19-13(17)18)8-9-10(14)5-4-6-11(9)15/h3-5,8H,6-7H2,1-2H3;4-6H,2-3,7-8H2,1H3. The van der Waals surface area contributed by atoms with E-state index < -0.39 is 23.1 Å². The van der Waals surface area contributed by atoms with Crippen LogP contribution in [-0.4, -0.2) is 19.4 Å². The molecule has 8 nitrogen and oxygen atoms in total. The largest absolute Gasteiger partial charge is 0.441 e. The second-order valence-electron chi connectivity index (χ2n) is 8.99. The van der Waals surface area contributed by atoms with Crippen molar-refractivity contribution < 1.29 is 17.8 Å². The third-order valence-electron chi connectivity index (χ3n) is 5.60. The molecule has 38 heavy (non-hydrogen) atoms. The summed E-state index contributed by atoms with van der Waals surface area (Å²) in [6, 6.07) is 8.93. The lowest BCUT2D eigenvalue weighted by molar-refractivity contribution is 0.367. The van der Waals surface area contributed by atoms with Crippen molar-refractivity contribution in [2.75, 3.05) is 0 Å². The molecule has 0 N–H and O–H groups in total. The number of halogens is 4. The van der Waals surface area contributed by atoms with E-state index in [1.54, 1.807) is 12.1 Å². The zero-order chi connectivity index (χ0) is 27.8. The third kappa shape index (κ3) is 7.41. The lowest BCUT2D eigenvalue weighted by Gasteiger charge is -2.08. The first-order valence-electron chi connectivity index (χ1n) is 12.1. The average Bonchev–Trinajstić information content (AvgIpc) is 3.39. The molecule has 2 heterocycles. The molecular formula is C26H28Cl2F2N4O4. The van der Waals surface area contributed by atoms with Gasteiger partial charge in [-0.05, 0) is 36.6 Å². The molecule has 0 saturated carbocycles. The van der Waals surface area contributed by atoms with Crippen LogP contribution in [0.1, 0.15) is 56.4 Å². The van der Waals surface area contributed by atoms with E-state index >= 15 is 0 Å². The van der Waals surface area contributed by atoms with Crippen LogP contribution >= 0.6 is 23.2 Å². The number of rotatable bonds is 9. The van der Waals surface area contributed by atoms with Crippen LogP contribution in [0.3, 0.4) is 0 Å². The van der Waals surface area contributed by atoms with Crippen LogP contribution in [0.15, 0.2) is 55.0 Å². The van der Waals surface area contributed by atoms with Crippen molar-refractivity contribution in [3.05, 3.63) is 102 Å². The molecule has 4 aromatic rings. The molecule has 0 spiro atoms. The Bertz CT molecular complexity index is 1440. The maximum atomic E-state index is 13.7. The van der Waals surface area contributed by atoms with Crippen LogP contribution in [-0.2, 0) is 25.9 Å². The number of aromatic nitrogens is 4. The molecule has 0 aliphatic rings. The van der Waals surface area contributed by atoms with E-state index in [0.29, 0.717) is 45.9 Å². The van der Waals surface area contributed by atoms with Gasteiger partial charge in [-0.15, -0.1) is 0 Å². The SMILES string of the molecule is CC(C)Cn1c(Cc2c(F)cccc2Cl)noc1=O.CCCCn1c(Cc2c(F)cccc2Cl)noc1=O. The van der Waals surface area contributed by atoms with Gasteiger partial charge in [-0.25, -0.2) is 18.4 Å². The summed E-state index contributed by atoms with van der Waals surface area (Å²) in [6.45, 7) is 6.95. The van der Waals surface area contributed by atoms with Crippen LogP contribution in [0.2, 0.25) is 10.0 Å². The zero-order valence-electron chi connectivity index (χ0n) is 21.2. The lowest BCUT2D eigenvalue weighted by Crippen LogP contribution is -2.20. The monoisotopic (exact) mass is 568 g/mol. The van der Waals surface area contributed by atoms with Gasteiger partial charge in [0.15, 0.2) is 11.6 Å². The number of hydrogen-bond acceptors (Lipinski definition) is 6. The number of benzene rings is 2. The van der Waals surface area contributed by atoms with Gasteiger partial charge in [-0.2, -0.15) is 0 Å². The third-order valence-corrected chi connectivity index (χ3v) is 6.31. The van der Waals surface area contributed by atoms with E-state index in [0.717, 1.165) is 12.8 Å². The fourth-order valence-electron chi connectivity index (χ4n) is 3.65. The highest BCUT2D eigenvalue weighted by molar-refractivity contribution is 6.31. The topological polar surface area (TPSA) is 96.1 Å². The van der Waals surface area contributed by atoms with Crippen LogP contribution in [0.5, 0.6) is 0 Å². The van der Waals surface area contributed by atoms with Crippen molar-refractivity contribution in [3.63, 3.8) is 0 Å². The van der Waals surface area contributed by atoms with Crippen LogP contribution in [0.4, 0.5) is 8.78 Å². The molecule has 0 aliphatic carbocycles. The van der Waals surface area contributed by atoms with Crippen LogP contribution < -0.4 is 11.5 Å². The Morgan fingerprint density at radius 3 is 1.76 bits per heavy atom. The first kappa shape index (κ1) is 29.3. The maximum Gasteiger partial charge on any atom is 0.441 e. The minimum Gasteiger partial charge on any atom is -0.296 e. The normalized spacial score (nSPS) is 11.1. The van der Waals surface area contributed by atoms with Crippen molar-refractivity contribution in [2.24, 2.45) is 5.92 Å². The molecule has 2 aromatic carbocycles. The molecule has 0 fully saturated rings. The molecule has 4 rings (SSSR count). The van der Waals surface area contributed by atoms with E-state index in [4.69, 9.17) is 23.2 Å². The van der Waals surface area contributed by atoms with Gasteiger partial charge in [-0.3, -0.25) is 18.2 Å². The van der Waals surface area contributed by atoms with Crippen molar-refractivity contribution in [1.82, 2.24) is 19.4 Å². The van der Waals surface area contributed by atoms with E-state index in [-0.39, 0.29) is 18.8 Å². The van der Waals surface area contributed by atoms with Gasteiger partial charge in [0.1, 0.15) is 11.6 Å². The summed E-state index contributed by atoms with van der Waals surface area (Å²) in [5.41, 5.74) is 0.637. The average molecular weight is 569 g/mol. The Labute approximate surface area is 227 Å². The van der Waals surface area contributed by atoms with E-state index in [9.17, 15) is 18.4 Å². The summed E-state index contributed by atoms with van der Waals surface area (Å²) >= 11 is 11.9. The van der Waals surface area contributed by atoms with Crippen molar-refractivity contribution >= 4 is 23.2 Å². The molecule has 204 valence electrons. The fourth-order valence-corrected chi connectivity index (χ4v) is 4.11. The Kier molecular flexibility index (Phi) is 10.4. The smallest absolute Gasteiger partial charge is 0.296 e. The predicted octanol–water partition coefficient (Wildman–Crippen LogP) is 5.90. The quantitative estimate of drug-likeness (QED) is 0.249. The molecule has 0 unspecified atom stereocenters. The van der Waals surface area contributed by atoms with Gasteiger partial charge in [0, 0.05) is 47.1 Å². The summed E-state index contributed by atoms with van der Waals surface area (Å²) in [5, 5.41) is 8.02. The van der Waals surface area contributed by atoms with Gasteiger partial charge in [-0.1, -0.05) is 72.8 Å². The van der Waals surface area contributed by atoms with Crippen molar-refractivity contribution in [3.8, 4) is 0 Å². The van der Waals surface area contributed by atoms with Gasteiger partial charge < -0.3 is 0 Å². The van der Waals surface area contributed by atoms with Crippen molar-refractivity contribution in [2.45, 2.75) is 59.5 Å². The number of unbranched alkanes of at least 4 members (excludes halogenated alkanes) is 1. The molecular weight excluding hydrogens is 541 g/mol.